The van der Waals surface area contributed by atoms with Crippen molar-refractivity contribution in [3.63, 3.8) is 0 Å². The van der Waals surface area contributed by atoms with E-state index in [1.807, 2.05) is 55.5 Å². The standard InChI is InChI=1S/C36H52O8/c1-6-9-10-11-12-13-27(4)35(40)44-33(23-37)26-42-32-20-16-29(17-21-32)36(5,22-7-2)28-14-18-31(19-15-28)41-24-30(38)25-43-34(39)8-3/h8,14-21,27,30,33,37-38H,3,6-7,9-13,22-26H2,1-2,4-5H3. The first-order valence-electron chi connectivity index (χ1n) is 15.9. The van der Waals surface area contributed by atoms with E-state index in [2.05, 4.69) is 27.4 Å². The lowest BCUT2D eigenvalue weighted by molar-refractivity contribution is -0.157. The first-order valence-corrected chi connectivity index (χ1v) is 15.9. The Labute approximate surface area is 263 Å². The second kappa shape index (κ2) is 19.8. The van der Waals surface area contributed by atoms with Crippen LogP contribution in [0.1, 0.15) is 90.2 Å². The van der Waals surface area contributed by atoms with Gasteiger partial charge in [0.15, 0.2) is 6.10 Å². The van der Waals surface area contributed by atoms with Crippen LogP contribution in [0.25, 0.3) is 0 Å². The molecule has 44 heavy (non-hydrogen) atoms. The number of hydrogen-bond acceptors (Lipinski definition) is 8. The number of esters is 2. The number of benzene rings is 2. The first kappa shape index (κ1) is 36.8. The molecule has 0 aliphatic carbocycles. The van der Waals surface area contributed by atoms with Gasteiger partial charge in [0.25, 0.3) is 0 Å². The van der Waals surface area contributed by atoms with Gasteiger partial charge in [-0.1, -0.05) is 97.1 Å². The molecule has 0 aliphatic heterocycles. The van der Waals surface area contributed by atoms with Gasteiger partial charge in [0, 0.05) is 11.5 Å². The Kier molecular flexibility index (Phi) is 16.6. The predicted molar refractivity (Wildman–Crippen MR) is 172 cm³/mol. The van der Waals surface area contributed by atoms with Crippen LogP contribution in [-0.2, 0) is 24.5 Å². The van der Waals surface area contributed by atoms with E-state index in [1.165, 1.54) is 19.3 Å². The van der Waals surface area contributed by atoms with Crippen LogP contribution >= 0.6 is 0 Å². The molecule has 2 aromatic rings. The van der Waals surface area contributed by atoms with Gasteiger partial charge in [0.05, 0.1) is 12.5 Å². The maximum Gasteiger partial charge on any atom is 0.330 e. The van der Waals surface area contributed by atoms with Crippen LogP contribution < -0.4 is 9.47 Å². The highest BCUT2D eigenvalue weighted by molar-refractivity contribution is 5.81. The van der Waals surface area contributed by atoms with Gasteiger partial charge in [-0.3, -0.25) is 4.79 Å². The normalized spacial score (nSPS) is 14.5. The number of rotatable bonds is 22. The molecular weight excluding hydrogens is 560 g/mol. The van der Waals surface area contributed by atoms with Gasteiger partial charge >= 0.3 is 11.9 Å². The van der Waals surface area contributed by atoms with Crippen molar-refractivity contribution < 1.29 is 38.7 Å². The number of ether oxygens (including phenoxy) is 4. The van der Waals surface area contributed by atoms with Crippen molar-refractivity contribution in [2.24, 2.45) is 5.92 Å². The fraction of sp³-hybridized carbons (Fsp3) is 0.556. The van der Waals surface area contributed by atoms with Crippen LogP contribution in [0.15, 0.2) is 61.2 Å². The average Bonchev–Trinajstić information content (AvgIpc) is 3.04. The van der Waals surface area contributed by atoms with Crippen molar-refractivity contribution >= 4 is 11.9 Å². The summed E-state index contributed by atoms with van der Waals surface area (Å²) in [6.45, 7) is 11.3. The highest BCUT2D eigenvalue weighted by Crippen LogP contribution is 2.38. The van der Waals surface area contributed by atoms with Gasteiger partial charge < -0.3 is 29.2 Å². The van der Waals surface area contributed by atoms with Gasteiger partial charge in [-0.25, -0.2) is 4.79 Å². The molecule has 4 unspecified atom stereocenters. The fourth-order valence-electron chi connectivity index (χ4n) is 5.04. The minimum atomic E-state index is -0.946. The quantitative estimate of drug-likeness (QED) is 0.0876. The second-order valence-electron chi connectivity index (χ2n) is 11.6. The molecule has 0 bridgehead atoms. The summed E-state index contributed by atoms with van der Waals surface area (Å²) in [5.41, 5.74) is 1.98. The van der Waals surface area contributed by atoms with Crippen molar-refractivity contribution in [2.75, 3.05) is 26.4 Å². The van der Waals surface area contributed by atoms with Crippen LogP contribution in [0.3, 0.4) is 0 Å². The van der Waals surface area contributed by atoms with Gasteiger partial charge in [-0.05, 0) is 48.2 Å². The molecule has 0 saturated heterocycles. The van der Waals surface area contributed by atoms with Crippen LogP contribution in [-0.4, -0.2) is 60.8 Å². The average molecular weight is 613 g/mol. The summed E-state index contributed by atoms with van der Waals surface area (Å²) in [6, 6.07) is 15.7. The zero-order valence-corrected chi connectivity index (χ0v) is 27.0. The number of unbranched alkanes of at least 4 members (excludes halogenated alkanes) is 4. The van der Waals surface area contributed by atoms with E-state index < -0.39 is 18.2 Å². The maximum absolute atomic E-state index is 12.5. The van der Waals surface area contributed by atoms with E-state index in [0.717, 1.165) is 49.3 Å². The predicted octanol–water partition coefficient (Wildman–Crippen LogP) is 6.54. The summed E-state index contributed by atoms with van der Waals surface area (Å²) >= 11 is 0. The minimum Gasteiger partial charge on any atom is -0.491 e. The zero-order chi connectivity index (χ0) is 32.4. The Morgan fingerprint density at radius 1 is 0.864 bits per heavy atom. The third kappa shape index (κ3) is 12.3. The van der Waals surface area contributed by atoms with E-state index in [4.69, 9.17) is 18.9 Å². The SMILES string of the molecule is C=CC(=O)OCC(O)COc1ccc(C(C)(CCC)c2ccc(OCC(CO)OC(=O)C(C)CCCCCCC)cc2)cc1. The van der Waals surface area contributed by atoms with E-state index >= 15 is 0 Å². The molecular formula is C36H52O8. The van der Waals surface area contributed by atoms with E-state index in [1.54, 1.807) is 0 Å². The molecule has 8 nitrogen and oxygen atoms in total. The molecule has 4 atom stereocenters. The smallest absolute Gasteiger partial charge is 0.330 e. The molecule has 2 aromatic carbocycles. The van der Waals surface area contributed by atoms with Crippen molar-refractivity contribution in [3.8, 4) is 11.5 Å². The third-order valence-corrected chi connectivity index (χ3v) is 7.83. The first-order chi connectivity index (χ1) is 21.2. The zero-order valence-electron chi connectivity index (χ0n) is 27.0. The molecule has 0 aliphatic rings. The van der Waals surface area contributed by atoms with Crippen LogP contribution in [0.2, 0.25) is 0 Å². The summed E-state index contributed by atoms with van der Waals surface area (Å²) in [5, 5.41) is 19.8. The Bertz CT molecular complexity index is 1110. The van der Waals surface area contributed by atoms with Crippen molar-refractivity contribution in [3.05, 3.63) is 72.3 Å². The molecule has 8 heteroatoms. The topological polar surface area (TPSA) is 112 Å². The molecule has 2 rings (SSSR count). The van der Waals surface area contributed by atoms with Gasteiger partial charge in [0.1, 0.15) is 37.4 Å². The van der Waals surface area contributed by atoms with E-state index in [-0.39, 0.29) is 43.7 Å². The highest BCUT2D eigenvalue weighted by Gasteiger charge is 2.28. The second-order valence-corrected chi connectivity index (χ2v) is 11.6. The van der Waals surface area contributed by atoms with Gasteiger partial charge in [-0.15, -0.1) is 0 Å². The monoisotopic (exact) mass is 612 g/mol. The summed E-state index contributed by atoms with van der Waals surface area (Å²) < 4.78 is 21.9. The van der Waals surface area contributed by atoms with Crippen molar-refractivity contribution in [1.29, 1.82) is 0 Å². The van der Waals surface area contributed by atoms with Crippen LogP contribution in [0.5, 0.6) is 11.5 Å². The Balaban J connectivity index is 1.94. The van der Waals surface area contributed by atoms with Crippen LogP contribution in [0, 0.1) is 5.92 Å². The highest BCUT2D eigenvalue weighted by atomic mass is 16.6. The molecule has 2 N–H and O–H groups in total. The number of aliphatic hydroxyl groups excluding tert-OH is 2. The molecule has 244 valence electrons. The molecule has 0 fully saturated rings. The minimum absolute atomic E-state index is 0.00799. The van der Waals surface area contributed by atoms with Crippen LogP contribution in [0.4, 0.5) is 0 Å². The fourth-order valence-corrected chi connectivity index (χ4v) is 5.04. The molecule has 0 aromatic heterocycles. The summed E-state index contributed by atoms with van der Waals surface area (Å²) in [7, 11) is 0. The lowest BCUT2D eigenvalue weighted by Crippen LogP contribution is -2.31. The lowest BCUT2D eigenvalue weighted by Gasteiger charge is -2.31. The number of aliphatic hydroxyl groups is 2. The molecule has 0 spiro atoms. The summed E-state index contributed by atoms with van der Waals surface area (Å²) in [6.07, 6.45) is 7.77. The Morgan fingerprint density at radius 2 is 1.43 bits per heavy atom. The number of carbonyl (C=O) groups excluding carboxylic acids is 2. The van der Waals surface area contributed by atoms with Gasteiger partial charge in [-0.2, -0.15) is 0 Å². The third-order valence-electron chi connectivity index (χ3n) is 7.83. The molecule has 0 saturated carbocycles. The van der Waals surface area contributed by atoms with Crippen molar-refractivity contribution in [1.82, 2.24) is 0 Å². The van der Waals surface area contributed by atoms with E-state index in [9.17, 15) is 19.8 Å². The summed E-state index contributed by atoms with van der Waals surface area (Å²) in [4.78, 5) is 23.7. The summed E-state index contributed by atoms with van der Waals surface area (Å²) in [5.74, 6) is 0.141. The Hall–Kier alpha value is -3.36. The number of carbonyl (C=O) groups is 2. The molecule has 0 amide bonds. The van der Waals surface area contributed by atoms with E-state index in [0.29, 0.717) is 11.5 Å². The molecule has 0 radical (unpaired) electrons. The van der Waals surface area contributed by atoms with Crippen molar-refractivity contribution in [2.45, 2.75) is 96.7 Å². The largest absolute Gasteiger partial charge is 0.491 e. The lowest BCUT2D eigenvalue weighted by atomic mass is 9.73. The Morgan fingerprint density at radius 3 is 1.95 bits per heavy atom. The molecule has 0 heterocycles. The van der Waals surface area contributed by atoms with Gasteiger partial charge in [0.2, 0.25) is 0 Å². The number of hydrogen-bond donors (Lipinski definition) is 2. The maximum atomic E-state index is 12.5.